The SMILES string of the molecule is CC(C)Cc1nc(-c2ccc3[nH]nc(-c4ccc(F)cc4)c3c2)n[nH]1. The van der Waals surface area contributed by atoms with Gasteiger partial charge in [-0.25, -0.2) is 9.37 Å². The van der Waals surface area contributed by atoms with Crippen LogP contribution in [0.2, 0.25) is 0 Å². The third-order valence-corrected chi connectivity index (χ3v) is 4.07. The summed E-state index contributed by atoms with van der Waals surface area (Å²) in [7, 11) is 0. The molecule has 0 saturated carbocycles. The van der Waals surface area contributed by atoms with E-state index in [1.165, 1.54) is 12.1 Å². The van der Waals surface area contributed by atoms with E-state index in [0.717, 1.165) is 40.0 Å². The Hall–Kier alpha value is -3.02. The summed E-state index contributed by atoms with van der Waals surface area (Å²) in [6, 6.07) is 12.3. The van der Waals surface area contributed by atoms with E-state index in [4.69, 9.17) is 0 Å². The van der Waals surface area contributed by atoms with Crippen molar-refractivity contribution in [1.82, 2.24) is 25.4 Å². The molecule has 0 aliphatic rings. The molecule has 0 aliphatic heterocycles. The van der Waals surface area contributed by atoms with Gasteiger partial charge in [0.05, 0.1) is 11.2 Å². The number of halogens is 1. The largest absolute Gasteiger partial charge is 0.277 e. The van der Waals surface area contributed by atoms with Crippen molar-refractivity contribution in [2.45, 2.75) is 20.3 Å². The fraction of sp³-hybridized carbons (Fsp3) is 0.211. The molecule has 25 heavy (non-hydrogen) atoms. The summed E-state index contributed by atoms with van der Waals surface area (Å²) in [4.78, 5) is 4.58. The molecule has 0 bridgehead atoms. The van der Waals surface area contributed by atoms with Gasteiger partial charge in [0.1, 0.15) is 11.6 Å². The Labute approximate surface area is 144 Å². The summed E-state index contributed by atoms with van der Waals surface area (Å²) in [5, 5.41) is 15.7. The van der Waals surface area contributed by atoms with Crippen LogP contribution in [0.1, 0.15) is 19.7 Å². The van der Waals surface area contributed by atoms with Crippen molar-refractivity contribution in [2.75, 3.05) is 0 Å². The quantitative estimate of drug-likeness (QED) is 0.582. The van der Waals surface area contributed by atoms with Crippen LogP contribution in [0.3, 0.4) is 0 Å². The van der Waals surface area contributed by atoms with E-state index >= 15 is 0 Å². The van der Waals surface area contributed by atoms with Crippen molar-refractivity contribution in [2.24, 2.45) is 5.92 Å². The first-order chi connectivity index (χ1) is 12.1. The minimum Gasteiger partial charge on any atom is -0.277 e. The fourth-order valence-electron chi connectivity index (χ4n) is 2.88. The van der Waals surface area contributed by atoms with Crippen LogP contribution in [0.15, 0.2) is 42.5 Å². The van der Waals surface area contributed by atoms with Gasteiger partial charge in [0, 0.05) is 22.9 Å². The third-order valence-electron chi connectivity index (χ3n) is 4.07. The molecule has 0 fully saturated rings. The highest BCUT2D eigenvalue weighted by Gasteiger charge is 2.12. The molecule has 2 aromatic heterocycles. The monoisotopic (exact) mass is 335 g/mol. The zero-order valence-corrected chi connectivity index (χ0v) is 14.0. The minimum atomic E-state index is -0.261. The second-order valence-corrected chi connectivity index (χ2v) is 6.54. The minimum absolute atomic E-state index is 0.261. The normalized spacial score (nSPS) is 11.5. The summed E-state index contributed by atoms with van der Waals surface area (Å²) >= 11 is 0. The molecule has 0 aliphatic carbocycles. The Bertz CT molecular complexity index is 1010. The van der Waals surface area contributed by atoms with Gasteiger partial charge in [-0.3, -0.25) is 10.2 Å². The molecule has 5 nitrogen and oxygen atoms in total. The van der Waals surface area contributed by atoms with Crippen LogP contribution in [0.25, 0.3) is 33.5 Å². The van der Waals surface area contributed by atoms with E-state index in [9.17, 15) is 4.39 Å². The Balaban J connectivity index is 1.75. The summed E-state index contributed by atoms with van der Waals surface area (Å²) in [5.41, 5.74) is 3.49. The van der Waals surface area contributed by atoms with E-state index in [0.29, 0.717) is 11.7 Å². The maximum absolute atomic E-state index is 13.2. The molecule has 126 valence electrons. The summed E-state index contributed by atoms with van der Waals surface area (Å²) < 4.78 is 13.2. The van der Waals surface area contributed by atoms with E-state index in [1.54, 1.807) is 12.1 Å². The molecule has 2 N–H and O–H groups in total. The maximum Gasteiger partial charge on any atom is 0.181 e. The lowest BCUT2D eigenvalue weighted by atomic mass is 10.1. The molecule has 6 heteroatoms. The lowest BCUT2D eigenvalue weighted by Crippen LogP contribution is -1.95. The average Bonchev–Trinajstić information content (AvgIpc) is 3.21. The van der Waals surface area contributed by atoms with Crippen molar-refractivity contribution >= 4 is 10.9 Å². The highest BCUT2D eigenvalue weighted by atomic mass is 19.1. The molecule has 0 spiro atoms. The summed E-state index contributed by atoms with van der Waals surface area (Å²) in [6.07, 6.45) is 0.863. The lowest BCUT2D eigenvalue weighted by Gasteiger charge is -2.00. The van der Waals surface area contributed by atoms with Gasteiger partial charge < -0.3 is 0 Å². The predicted molar refractivity (Wildman–Crippen MR) is 95.4 cm³/mol. The maximum atomic E-state index is 13.2. The van der Waals surface area contributed by atoms with Gasteiger partial charge in [-0.15, -0.1) is 0 Å². The zero-order chi connectivity index (χ0) is 17.4. The highest BCUT2D eigenvalue weighted by molar-refractivity contribution is 5.95. The zero-order valence-electron chi connectivity index (χ0n) is 14.0. The van der Waals surface area contributed by atoms with Gasteiger partial charge in [-0.1, -0.05) is 13.8 Å². The molecule has 4 aromatic rings. The first kappa shape index (κ1) is 15.5. The average molecular weight is 335 g/mol. The van der Waals surface area contributed by atoms with Crippen LogP contribution >= 0.6 is 0 Å². The number of nitrogens with zero attached hydrogens (tertiary/aromatic N) is 3. The number of nitrogens with one attached hydrogen (secondary N) is 2. The standard InChI is InChI=1S/C19H18FN5/c1-11(2)9-17-21-19(25-23-17)13-5-8-16-15(10-13)18(24-22-16)12-3-6-14(20)7-4-12/h3-8,10-11H,9H2,1-2H3,(H,22,24)(H,21,23,25). The fourth-order valence-corrected chi connectivity index (χ4v) is 2.88. The Morgan fingerprint density at radius 2 is 1.72 bits per heavy atom. The molecule has 2 aromatic carbocycles. The molecule has 0 radical (unpaired) electrons. The van der Waals surface area contributed by atoms with E-state index in [-0.39, 0.29) is 5.82 Å². The number of rotatable bonds is 4. The first-order valence-corrected chi connectivity index (χ1v) is 8.26. The van der Waals surface area contributed by atoms with Crippen LogP contribution in [0.5, 0.6) is 0 Å². The van der Waals surface area contributed by atoms with Crippen LogP contribution in [0, 0.1) is 11.7 Å². The Kier molecular flexibility index (Phi) is 3.80. The lowest BCUT2D eigenvalue weighted by molar-refractivity contribution is 0.622. The van der Waals surface area contributed by atoms with Crippen molar-refractivity contribution in [3.8, 4) is 22.6 Å². The molecule has 2 heterocycles. The smallest absolute Gasteiger partial charge is 0.181 e. The number of aromatic amines is 2. The van der Waals surface area contributed by atoms with Gasteiger partial charge in [-0.2, -0.15) is 10.2 Å². The third kappa shape index (κ3) is 3.03. The topological polar surface area (TPSA) is 70.2 Å². The van der Waals surface area contributed by atoms with Crippen molar-refractivity contribution in [3.05, 3.63) is 54.1 Å². The van der Waals surface area contributed by atoms with Gasteiger partial charge in [0.2, 0.25) is 0 Å². The number of H-pyrrole nitrogens is 2. The van der Waals surface area contributed by atoms with Crippen LogP contribution in [-0.2, 0) is 6.42 Å². The molecule has 0 amide bonds. The first-order valence-electron chi connectivity index (χ1n) is 8.26. The van der Waals surface area contributed by atoms with Crippen LogP contribution < -0.4 is 0 Å². The number of aromatic nitrogens is 5. The Morgan fingerprint density at radius 1 is 0.960 bits per heavy atom. The van der Waals surface area contributed by atoms with Gasteiger partial charge in [0.15, 0.2) is 5.82 Å². The van der Waals surface area contributed by atoms with E-state index in [2.05, 4.69) is 39.2 Å². The molecule has 0 atom stereocenters. The van der Waals surface area contributed by atoms with Crippen LogP contribution in [0.4, 0.5) is 4.39 Å². The molecular weight excluding hydrogens is 317 g/mol. The van der Waals surface area contributed by atoms with Gasteiger partial charge >= 0.3 is 0 Å². The second-order valence-electron chi connectivity index (χ2n) is 6.54. The number of hydrogen-bond donors (Lipinski definition) is 2. The van der Waals surface area contributed by atoms with Crippen molar-refractivity contribution < 1.29 is 4.39 Å². The molecule has 0 saturated heterocycles. The van der Waals surface area contributed by atoms with E-state index < -0.39 is 0 Å². The predicted octanol–water partition coefficient (Wildman–Crippen LogP) is 4.35. The Morgan fingerprint density at radius 3 is 2.48 bits per heavy atom. The summed E-state index contributed by atoms with van der Waals surface area (Å²) in [5.74, 6) is 1.81. The number of fused-ring (bicyclic) bond motifs is 1. The molecule has 4 rings (SSSR count). The molecular formula is C19H18FN5. The van der Waals surface area contributed by atoms with Crippen LogP contribution in [-0.4, -0.2) is 25.4 Å². The van der Waals surface area contributed by atoms with Crippen molar-refractivity contribution in [1.29, 1.82) is 0 Å². The summed E-state index contributed by atoms with van der Waals surface area (Å²) in [6.45, 7) is 4.30. The highest BCUT2D eigenvalue weighted by Crippen LogP contribution is 2.29. The van der Waals surface area contributed by atoms with E-state index in [1.807, 2.05) is 18.2 Å². The van der Waals surface area contributed by atoms with Gasteiger partial charge in [0.25, 0.3) is 0 Å². The molecule has 0 unspecified atom stereocenters. The number of benzene rings is 2. The van der Waals surface area contributed by atoms with Crippen molar-refractivity contribution in [3.63, 3.8) is 0 Å². The van der Waals surface area contributed by atoms with Gasteiger partial charge in [-0.05, 0) is 48.4 Å². The second kappa shape index (κ2) is 6.12. The number of hydrogen-bond acceptors (Lipinski definition) is 3.